The monoisotopic (exact) mass is 321 g/mol. The van der Waals surface area contributed by atoms with Gasteiger partial charge in [-0.1, -0.05) is 23.4 Å². The summed E-state index contributed by atoms with van der Waals surface area (Å²) in [6, 6.07) is 6.99. The van der Waals surface area contributed by atoms with Crippen LogP contribution in [0, 0.1) is 0 Å². The van der Waals surface area contributed by atoms with Gasteiger partial charge >= 0.3 is 0 Å². The fourth-order valence-electron chi connectivity index (χ4n) is 2.19. The maximum atomic E-state index is 12.4. The average Bonchev–Trinajstić information content (AvgIpc) is 3.25. The molecule has 0 bridgehead atoms. The summed E-state index contributed by atoms with van der Waals surface area (Å²) in [4.78, 5) is 12.4. The molecule has 1 heterocycles. The summed E-state index contributed by atoms with van der Waals surface area (Å²) in [6.07, 6.45) is 2.38. The molecule has 1 fully saturated rings. The van der Waals surface area contributed by atoms with E-state index in [0.717, 1.165) is 11.0 Å². The Morgan fingerprint density at radius 2 is 2.00 bits per heavy atom. The molecule has 0 spiro atoms. The SMILES string of the molecule is C[C@@H](Sc1nnc(C2CC2)n1C)C(=O)c1ccc(Cl)cc1. The van der Waals surface area contributed by atoms with Gasteiger partial charge in [0.1, 0.15) is 5.82 Å². The van der Waals surface area contributed by atoms with Gasteiger partial charge in [-0.25, -0.2) is 0 Å². The molecule has 2 aromatic rings. The molecule has 1 aliphatic rings. The Hall–Kier alpha value is -1.33. The van der Waals surface area contributed by atoms with Crippen LogP contribution >= 0.6 is 23.4 Å². The van der Waals surface area contributed by atoms with E-state index >= 15 is 0 Å². The predicted molar refractivity (Wildman–Crippen MR) is 84.1 cm³/mol. The normalized spacial score (nSPS) is 16.0. The molecular formula is C15H16ClN3OS. The minimum absolute atomic E-state index is 0.0765. The van der Waals surface area contributed by atoms with Crippen LogP contribution < -0.4 is 0 Å². The number of Topliss-reactive ketones (excluding diaryl/α,β-unsaturated/α-hetero) is 1. The van der Waals surface area contributed by atoms with Crippen molar-refractivity contribution in [1.82, 2.24) is 14.8 Å². The lowest BCUT2D eigenvalue weighted by Gasteiger charge is -2.10. The number of ketones is 1. The van der Waals surface area contributed by atoms with E-state index < -0.39 is 0 Å². The minimum atomic E-state index is -0.207. The van der Waals surface area contributed by atoms with E-state index in [-0.39, 0.29) is 11.0 Å². The Labute approximate surface area is 132 Å². The first kappa shape index (κ1) is 14.6. The summed E-state index contributed by atoms with van der Waals surface area (Å²) in [5.41, 5.74) is 0.670. The molecule has 1 saturated carbocycles. The van der Waals surface area contributed by atoms with Crippen LogP contribution in [0.15, 0.2) is 29.4 Å². The van der Waals surface area contributed by atoms with Crippen molar-refractivity contribution in [2.75, 3.05) is 0 Å². The van der Waals surface area contributed by atoms with Crippen LogP contribution in [0.5, 0.6) is 0 Å². The highest BCUT2D eigenvalue weighted by Crippen LogP contribution is 2.39. The Morgan fingerprint density at radius 1 is 1.33 bits per heavy atom. The molecule has 21 heavy (non-hydrogen) atoms. The quantitative estimate of drug-likeness (QED) is 0.622. The van der Waals surface area contributed by atoms with Crippen molar-refractivity contribution in [3.63, 3.8) is 0 Å². The summed E-state index contributed by atoms with van der Waals surface area (Å²) in [6.45, 7) is 1.90. The van der Waals surface area contributed by atoms with Gasteiger partial charge in [-0.15, -0.1) is 10.2 Å². The molecule has 0 amide bonds. The van der Waals surface area contributed by atoms with E-state index in [9.17, 15) is 4.79 Å². The standard InChI is InChI=1S/C15H16ClN3OS/c1-9(13(20)10-5-7-12(16)8-6-10)21-15-18-17-14(19(15)2)11-3-4-11/h5-9,11H,3-4H2,1-2H3/t9-/m1/s1. The van der Waals surface area contributed by atoms with Crippen molar-refractivity contribution in [3.8, 4) is 0 Å². The first-order valence-corrected chi connectivity index (χ1v) is 8.17. The highest BCUT2D eigenvalue weighted by molar-refractivity contribution is 8.00. The van der Waals surface area contributed by atoms with Crippen molar-refractivity contribution in [1.29, 1.82) is 0 Å². The molecule has 110 valence electrons. The number of carbonyl (C=O) groups excluding carboxylic acids is 1. The third-order valence-corrected chi connectivity index (χ3v) is 4.98. The first-order chi connectivity index (χ1) is 10.1. The number of nitrogens with zero attached hydrogens (tertiary/aromatic N) is 3. The van der Waals surface area contributed by atoms with E-state index in [1.54, 1.807) is 24.3 Å². The lowest BCUT2D eigenvalue weighted by Crippen LogP contribution is -2.14. The van der Waals surface area contributed by atoms with Crippen molar-refractivity contribution < 1.29 is 4.79 Å². The minimum Gasteiger partial charge on any atom is -0.309 e. The van der Waals surface area contributed by atoms with E-state index in [1.165, 1.54) is 24.6 Å². The number of hydrogen-bond acceptors (Lipinski definition) is 4. The van der Waals surface area contributed by atoms with Crippen molar-refractivity contribution in [2.45, 2.75) is 36.1 Å². The van der Waals surface area contributed by atoms with Gasteiger partial charge in [0.05, 0.1) is 5.25 Å². The number of halogens is 1. The molecule has 1 aromatic carbocycles. The Balaban J connectivity index is 1.72. The molecule has 0 aliphatic heterocycles. The van der Waals surface area contributed by atoms with Crippen molar-refractivity contribution >= 4 is 29.1 Å². The van der Waals surface area contributed by atoms with Gasteiger partial charge in [0.2, 0.25) is 0 Å². The van der Waals surface area contributed by atoms with Gasteiger partial charge in [-0.3, -0.25) is 4.79 Å². The number of thioether (sulfide) groups is 1. The van der Waals surface area contributed by atoms with Crippen molar-refractivity contribution in [2.24, 2.45) is 7.05 Å². The summed E-state index contributed by atoms with van der Waals surface area (Å²) < 4.78 is 2.01. The fourth-order valence-corrected chi connectivity index (χ4v) is 3.21. The molecule has 1 aliphatic carbocycles. The van der Waals surface area contributed by atoms with Crippen LogP contribution in [0.1, 0.15) is 41.9 Å². The summed E-state index contributed by atoms with van der Waals surface area (Å²) in [5, 5.41) is 9.67. The Bertz CT molecular complexity index is 664. The summed E-state index contributed by atoms with van der Waals surface area (Å²) >= 11 is 7.30. The largest absolute Gasteiger partial charge is 0.309 e. The maximum absolute atomic E-state index is 12.4. The van der Waals surface area contributed by atoms with Gasteiger partial charge in [0.25, 0.3) is 0 Å². The van der Waals surface area contributed by atoms with E-state index in [4.69, 9.17) is 11.6 Å². The second-order valence-corrected chi connectivity index (χ2v) is 7.05. The van der Waals surface area contributed by atoms with Crippen LogP contribution in [0.4, 0.5) is 0 Å². The molecule has 3 rings (SSSR count). The number of carbonyl (C=O) groups is 1. The van der Waals surface area contributed by atoms with Crippen LogP contribution in [0.25, 0.3) is 0 Å². The third kappa shape index (κ3) is 3.14. The van der Waals surface area contributed by atoms with Crippen LogP contribution in [0.2, 0.25) is 5.02 Å². The van der Waals surface area contributed by atoms with Gasteiger partial charge in [0.15, 0.2) is 10.9 Å². The zero-order valence-electron chi connectivity index (χ0n) is 11.9. The van der Waals surface area contributed by atoms with Gasteiger partial charge < -0.3 is 4.57 Å². The molecule has 6 heteroatoms. The lowest BCUT2D eigenvalue weighted by atomic mass is 10.1. The molecule has 1 atom stereocenters. The van der Waals surface area contributed by atoms with Crippen molar-refractivity contribution in [3.05, 3.63) is 40.7 Å². The summed E-state index contributed by atoms with van der Waals surface area (Å²) in [5.74, 6) is 1.66. The third-order valence-electron chi connectivity index (χ3n) is 3.59. The van der Waals surface area contributed by atoms with Crippen LogP contribution in [-0.4, -0.2) is 25.8 Å². The molecule has 4 nitrogen and oxygen atoms in total. The van der Waals surface area contributed by atoms with E-state index in [2.05, 4.69) is 10.2 Å². The van der Waals surface area contributed by atoms with Crippen LogP contribution in [-0.2, 0) is 7.05 Å². The number of hydrogen-bond donors (Lipinski definition) is 0. The highest BCUT2D eigenvalue weighted by Gasteiger charge is 2.30. The van der Waals surface area contributed by atoms with Gasteiger partial charge in [0, 0.05) is 23.6 Å². The summed E-state index contributed by atoms with van der Waals surface area (Å²) in [7, 11) is 1.97. The van der Waals surface area contributed by atoms with Crippen LogP contribution in [0.3, 0.4) is 0 Å². The molecule has 0 N–H and O–H groups in total. The zero-order chi connectivity index (χ0) is 15.0. The first-order valence-electron chi connectivity index (χ1n) is 6.92. The molecular weight excluding hydrogens is 306 g/mol. The average molecular weight is 322 g/mol. The second-order valence-electron chi connectivity index (χ2n) is 5.31. The molecule has 0 radical (unpaired) electrons. The van der Waals surface area contributed by atoms with Gasteiger partial charge in [-0.05, 0) is 44.0 Å². The van der Waals surface area contributed by atoms with Gasteiger partial charge in [-0.2, -0.15) is 0 Å². The highest BCUT2D eigenvalue weighted by atomic mass is 35.5. The Kier molecular flexibility index (Phi) is 4.04. The Morgan fingerprint density at radius 3 is 2.62 bits per heavy atom. The molecule has 1 aromatic heterocycles. The molecule has 0 saturated heterocycles. The number of aromatic nitrogens is 3. The predicted octanol–water partition coefficient (Wildman–Crippen LogP) is 3.71. The van der Waals surface area contributed by atoms with E-state index in [0.29, 0.717) is 16.5 Å². The second kappa shape index (κ2) is 5.81. The topological polar surface area (TPSA) is 47.8 Å². The van der Waals surface area contributed by atoms with E-state index in [1.807, 2.05) is 18.5 Å². The lowest BCUT2D eigenvalue weighted by molar-refractivity contribution is 0.0994. The maximum Gasteiger partial charge on any atom is 0.191 e. The zero-order valence-corrected chi connectivity index (χ0v) is 13.5. The molecule has 0 unspecified atom stereocenters. The number of rotatable bonds is 5. The number of benzene rings is 1. The fraction of sp³-hybridized carbons (Fsp3) is 0.400. The smallest absolute Gasteiger partial charge is 0.191 e.